The van der Waals surface area contributed by atoms with Gasteiger partial charge >= 0.3 is 22.7 Å². The summed E-state index contributed by atoms with van der Waals surface area (Å²) in [5.41, 5.74) is 0. The fourth-order valence-electron chi connectivity index (χ4n) is 1.49. The average molecular weight is 412 g/mol. The zero-order valence-corrected chi connectivity index (χ0v) is 16.1. The van der Waals surface area contributed by atoms with Crippen LogP contribution >= 0.6 is 0 Å². The van der Waals surface area contributed by atoms with Gasteiger partial charge in [0.1, 0.15) is 0 Å². The first-order chi connectivity index (χ1) is 9.72. The zero-order chi connectivity index (χ0) is 16.5. The Labute approximate surface area is 153 Å². The van der Waals surface area contributed by atoms with Crippen LogP contribution in [0, 0.1) is 0 Å². The van der Waals surface area contributed by atoms with E-state index in [9.17, 15) is 13.2 Å². The molecule has 0 amide bonds. The second-order valence-corrected chi connectivity index (χ2v) is 6.72. The number of carbonyl (C=O) groups excluding carboxylic acids is 1. The second kappa shape index (κ2) is 12.1. The fraction of sp³-hybridized carbons (Fsp3) is 0.667. The average Bonchev–Trinajstić information content (AvgIpc) is 3.00. The molecule has 0 saturated heterocycles. The van der Waals surface area contributed by atoms with Gasteiger partial charge in [0, 0.05) is 0 Å². The van der Waals surface area contributed by atoms with Crippen molar-refractivity contribution in [2.45, 2.75) is 32.1 Å². The molecule has 0 atom stereocenters. The number of esters is 1. The minimum Gasteiger partial charge on any atom is -0.776 e. The molecular weight excluding hydrogens is 393 g/mol. The predicted octanol–water partition coefficient (Wildman–Crippen LogP) is 1.42. The van der Waals surface area contributed by atoms with Gasteiger partial charge in [-0.2, -0.15) is 0 Å². The first-order valence-electron chi connectivity index (χ1n) is 6.23. The van der Waals surface area contributed by atoms with Crippen molar-refractivity contribution in [3.8, 4) is 0 Å². The zero-order valence-electron chi connectivity index (χ0n) is 12.6. The van der Waals surface area contributed by atoms with Gasteiger partial charge in [-0.05, 0) is 0 Å². The van der Waals surface area contributed by atoms with Crippen LogP contribution in [0.15, 0.2) is 14.2 Å². The number of methoxy groups -OCH3 is 2. The van der Waals surface area contributed by atoms with E-state index in [1.807, 2.05) is 0 Å². The van der Waals surface area contributed by atoms with E-state index in [-0.39, 0.29) is 26.6 Å². The molecule has 0 unspecified atom stereocenters. The van der Waals surface area contributed by atoms with Crippen LogP contribution in [0.1, 0.15) is 32.1 Å². The van der Waals surface area contributed by atoms with Gasteiger partial charge in [-0.15, -0.1) is 14.2 Å². The first-order valence-corrected chi connectivity index (χ1v) is 8.90. The minimum absolute atomic E-state index is 0. The summed E-state index contributed by atoms with van der Waals surface area (Å²) in [4.78, 5) is 10.4. The van der Waals surface area contributed by atoms with Gasteiger partial charge in [0.05, 0.1) is 20.5 Å². The molecule has 1 fully saturated rings. The maximum absolute atomic E-state index is 11.0. The minimum atomic E-state index is -3.68. The molecular formula is C12H19CoNO5S3+. The normalized spacial score (nSPS) is 15.7. The molecule has 1 aliphatic rings. The summed E-state index contributed by atoms with van der Waals surface area (Å²) in [6.45, 7) is 0. The molecule has 22 heavy (non-hydrogen) atoms. The van der Waals surface area contributed by atoms with Gasteiger partial charge in [-0.25, -0.2) is 13.2 Å². The summed E-state index contributed by atoms with van der Waals surface area (Å²) in [5.74, 6) is -1.26. The fourth-order valence-corrected chi connectivity index (χ4v) is 2.40. The van der Waals surface area contributed by atoms with Crippen LogP contribution in [0.3, 0.4) is 0 Å². The Morgan fingerprint density at radius 2 is 1.36 bits per heavy atom. The monoisotopic (exact) mass is 412 g/mol. The molecule has 0 aromatic heterocycles. The summed E-state index contributed by atoms with van der Waals surface area (Å²) >= 11 is 9.40. The second-order valence-electron chi connectivity index (χ2n) is 4.25. The standard InChI is InChI=1S/C7H11NO5S3.C5H10.Co/c1-12-6(8-16(3,10)11)4(14)5(15)7(9)13-2;1-2-4-5-3-1;/h14-15H,1-3H3;1-5H2;/q;;+3/p-2/b5-4-,8-6-;;. The number of carbonyl (C=O) groups is 1. The number of rotatable bonds is 3. The molecule has 10 heteroatoms. The van der Waals surface area contributed by atoms with Crippen molar-refractivity contribution in [3.05, 3.63) is 9.81 Å². The van der Waals surface area contributed by atoms with Gasteiger partial charge in [-0.3, -0.25) is 0 Å². The number of ether oxygens (including phenoxy) is 2. The van der Waals surface area contributed by atoms with Crippen LogP contribution in [0.4, 0.5) is 0 Å². The summed E-state index contributed by atoms with van der Waals surface area (Å²) in [7, 11) is -1.40. The molecule has 0 spiro atoms. The van der Waals surface area contributed by atoms with Crippen molar-refractivity contribution in [1.29, 1.82) is 0 Å². The number of nitrogens with zero attached hydrogens (tertiary/aromatic N) is 1. The smallest absolute Gasteiger partial charge is 0.776 e. The summed E-state index contributed by atoms with van der Waals surface area (Å²) < 4.78 is 33.9. The SMILES string of the molecule is C1CCCC1.COC(=O)/C([S-])=C([S-])\C(=N\S(C)(=O)=O)OC.[Co+3]. The van der Waals surface area contributed by atoms with Crippen LogP contribution in [-0.2, 0) is 66.3 Å². The van der Waals surface area contributed by atoms with Crippen LogP contribution in [0.5, 0.6) is 0 Å². The van der Waals surface area contributed by atoms with E-state index in [4.69, 9.17) is 12.6 Å². The van der Waals surface area contributed by atoms with Crippen LogP contribution < -0.4 is 0 Å². The molecule has 1 rings (SSSR count). The predicted molar refractivity (Wildman–Crippen MR) is 86.1 cm³/mol. The molecule has 6 nitrogen and oxygen atoms in total. The molecule has 0 radical (unpaired) electrons. The number of hydrogen-bond donors (Lipinski definition) is 0. The Hall–Kier alpha value is -0.424. The maximum atomic E-state index is 11.0. The summed E-state index contributed by atoms with van der Waals surface area (Å²) in [5, 5.41) is 0. The molecule has 0 bridgehead atoms. The summed E-state index contributed by atoms with van der Waals surface area (Å²) in [6, 6.07) is 0. The topological polar surface area (TPSA) is 82.0 Å². The number of sulfonamides is 1. The van der Waals surface area contributed by atoms with Crippen molar-refractivity contribution in [2.75, 3.05) is 20.5 Å². The van der Waals surface area contributed by atoms with E-state index in [1.165, 1.54) is 32.1 Å². The molecule has 0 aromatic carbocycles. The van der Waals surface area contributed by atoms with Crippen molar-refractivity contribution >= 4 is 47.1 Å². The van der Waals surface area contributed by atoms with E-state index in [0.717, 1.165) is 20.5 Å². The third-order valence-corrected chi connectivity index (χ3v) is 3.84. The molecule has 0 aromatic rings. The third-order valence-electron chi connectivity index (χ3n) is 2.46. The van der Waals surface area contributed by atoms with Crippen LogP contribution in [0.2, 0.25) is 0 Å². The largest absolute Gasteiger partial charge is 3.00 e. The quantitative estimate of drug-likeness (QED) is 0.228. The van der Waals surface area contributed by atoms with Gasteiger partial charge in [-0.1, -0.05) is 32.1 Å². The molecule has 128 valence electrons. The van der Waals surface area contributed by atoms with Gasteiger partial charge in [0.15, 0.2) is 0 Å². The molecule has 1 aliphatic carbocycles. The summed E-state index contributed by atoms with van der Waals surface area (Å²) in [6.07, 6.45) is 8.36. The van der Waals surface area contributed by atoms with Crippen molar-refractivity contribution in [1.82, 2.24) is 0 Å². The van der Waals surface area contributed by atoms with E-state index < -0.39 is 21.9 Å². The van der Waals surface area contributed by atoms with E-state index in [2.05, 4.69) is 26.5 Å². The Kier molecular flexibility index (Phi) is 13.1. The van der Waals surface area contributed by atoms with Crippen molar-refractivity contribution in [2.24, 2.45) is 4.40 Å². The molecule has 0 N–H and O–H groups in total. The molecule has 1 saturated carbocycles. The molecule has 0 aliphatic heterocycles. The Morgan fingerprint density at radius 1 is 0.955 bits per heavy atom. The third kappa shape index (κ3) is 10.3. The Balaban J connectivity index is 0. The van der Waals surface area contributed by atoms with E-state index in [0.29, 0.717) is 0 Å². The Morgan fingerprint density at radius 3 is 1.64 bits per heavy atom. The number of hydrogen-bond acceptors (Lipinski definition) is 7. The van der Waals surface area contributed by atoms with Crippen LogP contribution in [0.25, 0.3) is 0 Å². The van der Waals surface area contributed by atoms with Gasteiger partial charge < -0.3 is 34.7 Å². The maximum Gasteiger partial charge on any atom is 3.00 e. The van der Waals surface area contributed by atoms with Gasteiger partial charge in [0.25, 0.3) is 10.0 Å². The molecule has 0 heterocycles. The van der Waals surface area contributed by atoms with Crippen molar-refractivity contribution < 1.29 is 39.5 Å². The van der Waals surface area contributed by atoms with Crippen molar-refractivity contribution in [3.63, 3.8) is 0 Å². The Bertz CT molecular complexity index is 505. The first kappa shape index (κ1) is 23.8. The van der Waals surface area contributed by atoms with E-state index >= 15 is 0 Å². The van der Waals surface area contributed by atoms with Crippen LogP contribution in [-0.4, -0.2) is 40.8 Å². The van der Waals surface area contributed by atoms with Gasteiger partial charge in [0.2, 0.25) is 5.90 Å². The van der Waals surface area contributed by atoms with E-state index in [1.54, 1.807) is 0 Å².